The zero-order valence-electron chi connectivity index (χ0n) is 12.2. The van der Waals surface area contributed by atoms with Gasteiger partial charge in [-0.3, -0.25) is 0 Å². The minimum Gasteiger partial charge on any atom is -0.375 e. The Kier molecular flexibility index (Phi) is 6.69. The molecule has 0 bridgehead atoms. The van der Waals surface area contributed by atoms with Crippen LogP contribution in [0.4, 0.5) is 0 Å². The van der Waals surface area contributed by atoms with E-state index in [1.54, 1.807) is 0 Å². The van der Waals surface area contributed by atoms with Gasteiger partial charge in [-0.2, -0.15) is 0 Å². The van der Waals surface area contributed by atoms with Gasteiger partial charge in [-0.15, -0.1) is 0 Å². The molecule has 100 valence electrons. The Bertz CT molecular complexity index is 220. The van der Waals surface area contributed by atoms with Gasteiger partial charge in [-0.25, -0.2) is 0 Å². The quantitative estimate of drug-likeness (QED) is 0.598. The van der Waals surface area contributed by atoms with Crippen molar-refractivity contribution in [1.82, 2.24) is 4.90 Å². The van der Waals surface area contributed by atoms with Gasteiger partial charge in [-0.1, -0.05) is 46.6 Å². The number of hydrogen-bond donors (Lipinski definition) is 0. The van der Waals surface area contributed by atoms with Crippen LogP contribution in [0.25, 0.3) is 0 Å². The van der Waals surface area contributed by atoms with Crippen molar-refractivity contribution in [2.75, 3.05) is 13.1 Å². The van der Waals surface area contributed by atoms with Gasteiger partial charge in [0, 0.05) is 18.8 Å². The lowest BCUT2D eigenvalue weighted by atomic mass is 9.92. The molecule has 0 aromatic heterocycles. The molecule has 0 spiro atoms. The molecule has 1 unspecified atom stereocenters. The molecule has 1 aliphatic rings. The van der Waals surface area contributed by atoms with Crippen LogP contribution in [0, 0.1) is 11.8 Å². The van der Waals surface area contributed by atoms with Crippen molar-refractivity contribution in [3.63, 3.8) is 0 Å². The van der Waals surface area contributed by atoms with E-state index in [1.807, 2.05) is 0 Å². The van der Waals surface area contributed by atoms with Gasteiger partial charge >= 0.3 is 0 Å². The van der Waals surface area contributed by atoms with Crippen LogP contribution < -0.4 is 0 Å². The van der Waals surface area contributed by atoms with Crippen molar-refractivity contribution >= 4 is 0 Å². The lowest BCUT2D eigenvalue weighted by Gasteiger charge is -2.25. The molecule has 0 radical (unpaired) electrons. The summed E-state index contributed by atoms with van der Waals surface area (Å²) in [5.41, 5.74) is 1.39. The molecule has 1 atom stereocenters. The SMILES string of the molecule is C=C1CCCCCN1CCCCC(C)C(C)C. The first-order valence-electron chi connectivity index (χ1n) is 7.54. The molecule has 0 aromatic rings. The second-order valence-electron chi connectivity index (χ2n) is 6.08. The second kappa shape index (κ2) is 7.79. The fourth-order valence-electron chi connectivity index (χ4n) is 2.50. The first-order chi connectivity index (χ1) is 8.11. The van der Waals surface area contributed by atoms with E-state index in [4.69, 9.17) is 0 Å². The minimum atomic E-state index is 0.836. The molecule has 1 aliphatic heterocycles. The molecule has 1 rings (SSSR count). The van der Waals surface area contributed by atoms with Crippen molar-refractivity contribution in [3.05, 3.63) is 12.3 Å². The zero-order valence-corrected chi connectivity index (χ0v) is 12.2. The molecular formula is C16H31N. The van der Waals surface area contributed by atoms with Crippen LogP contribution in [-0.2, 0) is 0 Å². The van der Waals surface area contributed by atoms with Gasteiger partial charge in [0.1, 0.15) is 0 Å². The van der Waals surface area contributed by atoms with Gasteiger partial charge in [-0.05, 0) is 37.5 Å². The molecule has 0 amide bonds. The Hall–Kier alpha value is -0.460. The largest absolute Gasteiger partial charge is 0.375 e. The Morgan fingerprint density at radius 2 is 1.88 bits per heavy atom. The highest BCUT2D eigenvalue weighted by Gasteiger charge is 2.11. The van der Waals surface area contributed by atoms with E-state index in [2.05, 4.69) is 32.3 Å². The third-order valence-corrected chi connectivity index (χ3v) is 4.32. The maximum absolute atomic E-state index is 4.22. The first-order valence-corrected chi connectivity index (χ1v) is 7.54. The number of likely N-dealkylation sites (tertiary alicyclic amines) is 1. The maximum Gasteiger partial charge on any atom is 0.0174 e. The second-order valence-corrected chi connectivity index (χ2v) is 6.08. The fourth-order valence-corrected chi connectivity index (χ4v) is 2.50. The molecule has 1 nitrogen and oxygen atoms in total. The van der Waals surface area contributed by atoms with Crippen molar-refractivity contribution in [2.24, 2.45) is 11.8 Å². The summed E-state index contributed by atoms with van der Waals surface area (Å²) in [7, 11) is 0. The fraction of sp³-hybridized carbons (Fsp3) is 0.875. The van der Waals surface area contributed by atoms with E-state index >= 15 is 0 Å². The molecular weight excluding hydrogens is 206 g/mol. The van der Waals surface area contributed by atoms with Gasteiger partial charge in [0.25, 0.3) is 0 Å². The number of unbranched alkanes of at least 4 members (excludes halogenated alkanes) is 1. The summed E-state index contributed by atoms with van der Waals surface area (Å²) in [4.78, 5) is 2.53. The molecule has 1 fully saturated rings. The summed E-state index contributed by atoms with van der Waals surface area (Å²) < 4.78 is 0. The standard InChI is InChI=1S/C16H31N/c1-14(2)15(3)10-7-9-13-17-12-8-5-6-11-16(17)4/h14-15H,4-13H2,1-3H3. The van der Waals surface area contributed by atoms with Gasteiger partial charge < -0.3 is 4.90 Å². The average Bonchev–Trinajstić information content (AvgIpc) is 2.49. The predicted octanol–water partition coefficient (Wildman–Crippen LogP) is 4.84. The summed E-state index contributed by atoms with van der Waals surface area (Å²) in [6.07, 6.45) is 9.43. The monoisotopic (exact) mass is 237 g/mol. The van der Waals surface area contributed by atoms with E-state index < -0.39 is 0 Å². The summed E-state index contributed by atoms with van der Waals surface area (Å²) >= 11 is 0. The average molecular weight is 237 g/mol. The summed E-state index contributed by atoms with van der Waals surface area (Å²) in [6.45, 7) is 13.8. The molecule has 0 saturated carbocycles. The zero-order chi connectivity index (χ0) is 12.7. The van der Waals surface area contributed by atoms with E-state index in [9.17, 15) is 0 Å². The number of allylic oxidation sites excluding steroid dienone is 1. The highest BCUT2D eigenvalue weighted by atomic mass is 15.1. The number of rotatable bonds is 6. The Balaban J connectivity index is 2.14. The van der Waals surface area contributed by atoms with E-state index in [1.165, 1.54) is 63.7 Å². The minimum absolute atomic E-state index is 0.836. The Morgan fingerprint density at radius 3 is 2.59 bits per heavy atom. The van der Waals surface area contributed by atoms with Crippen molar-refractivity contribution < 1.29 is 0 Å². The molecule has 1 heteroatoms. The van der Waals surface area contributed by atoms with E-state index in [-0.39, 0.29) is 0 Å². The number of nitrogens with zero attached hydrogens (tertiary/aromatic N) is 1. The Morgan fingerprint density at radius 1 is 1.12 bits per heavy atom. The lowest BCUT2D eigenvalue weighted by Crippen LogP contribution is -2.23. The van der Waals surface area contributed by atoms with Crippen LogP contribution in [0.2, 0.25) is 0 Å². The van der Waals surface area contributed by atoms with E-state index in [0.717, 1.165) is 11.8 Å². The van der Waals surface area contributed by atoms with Crippen LogP contribution >= 0.6 is 0 Å². The molecule has 1 saturated heterocycles. The number of hydrogen-bond acceptors (Lipinski definition) is 1. The normalized spacial score (nSPS) is 19.5. The summed E-state index contributed by atoms with van der Waals surface area (Å²) in [5.74, 6) is 1.71. The topological polar surface area (TPSA) is 3.24 Å². The van der Waals surface area contributed by atoms with Crippen LogP contribution in [0.15, 0.2) is 12.3 Å². The highest BCUT2D eigenvalue weighted by Crippen LogP contribution is 2.20. The van der Waals surface area contributed by atoms with Crippen LogP contribution in [-0.4, -0.2) is 18.0 Å². The summed E-state index contributed by atoms with van der Waals surface area (Å²) in [6, 6.07) is 0. The van der Waals surface area contributed by atoms with Gasteiger partial charge in [0.05, 0.1) is 0 Å². The molecule has 0 aromatic carbocycles. The van der Waals surface area contributed by atoms with Crippen LogP contribution in [0.1, 0.15) is 65.7 Å². The molecule has 1 heterocycles. The smallest absolute Gasteiger partial charge is 0.0174 e. The molecule has 0 aliphatic carbocycles. The van der Waals surface area contributed by atoms with Crippen LogP contribution in [0.5, 0.6) is 0 Å². The first kappa shape index (κ1) is 14.6. The van der Waals surface area contributed by atoms with Crippen molar-refractivity contribution in [3.8, 4) is 0 Å². The summed E-state index contributed by atoms with van der Waals surface area (Å²) in [5, 5.41) is 0. The van der Waals surface area contributed by atoms with Crippen LogP contribution in [0.3, 0.4) is 0 Å². The Labute approximate surface area is 108 Å². The van der Waals surface area contributed by atoms with E-state index in [0.29, 0.717) is 0 Å². The van der Waals surface area contributed by atoms with Gasteiger partial charge in [0.15, 0.2) is 0 Å². The lowest BCUT2D eigenvalue weighted by molar-refractivity contribution is 0.318. The van der Waals surface area contributed by atoms with Crippen molar-refractivity contribution in [1.29, 1.82) is 0 Å². The maximum atomic E-state index is 4.22. The highest BCUT2D eigenvalue weighted by molar-refractivity contribution is 4.95. The van der Waals surface area contributed by atoms with Gasteiger partial charge in [0.2, 0.25) is 0 Å². The molecule has 0 N–H and O–H groups in total. The molecule has 17 heavy (non-hydrogen) atoms. The predicted molar refractivity (Wildman–Crippen MR) is 77.0 cm³/mol. The third-order valence-electron chi connectivity index (χ3n) is 4.32. The third kappa shape index (κ3) is 5.61. The van der Waals surface area contributed by atoms with Crippen molar-refractivity contribution in [2.45, 2.75) is 65.7 Å².